The van der Waals surface area contributed by atoms with Gasteiger partial charge < -0.3 is 10.2 Å². The summed E-state index contributed by atoms with van der Waals surface area (Å²) in [5.74, 6) is 4.94. The summed E-state index contributed by atoms with van der Waals surface area (Å²) in [7, 11) is 0. The molecule has 0 spiro atoms. The molecule has 1 N–H and O–H groups in total. The lowest BCUT2D eigenvalue weighted by Crippen LogP contribution is -2.32. The Kier molecular flexibility index (Phi) is 5.43. The van der Waals surface area contributed by atoms with Crippen LogP contribution in [-0.2, 0) is 0 Å². The molecule has 4 heteroatoms. The lowest BCUT2D eigenvalue weighted by Gasteiger charge is -2.28. The van der Waals surface area contributed by atoms with Gasteiger partial charge in [0.1, 0.15) is 17.5 Å². The molecule has 0 unspecified atom stereocenters. The molecular formula is C17H30N4. The van der Waals surface area contributed by atoms with Crippen LogP contribution < -0.4 is 10.2 Å². The van der Waals surface area contributed by atoms with Crippen molar-refractivity contribution in [1.29, 1.82) is 0 Å². The first-order valence-electron chi connectivity index (χ1n) is 8.37. The first-order chi connectivity index (χ1) is 9.99. The predicted octanol–water partition coefficient (Wildman–Crippen LogP) is 3.90. The van der Waals surface area contributed by atoms with E-state index in [4.69, 9.17) is 4.98 Å². The van der Waals surface area contributed by atoms with E-state index in [0.717, 1.165) is 37.1 Å². The summed E-state index contributed by atoms with van der Waals surface area (Å²) < 4.78 is 0. The maximum atomic E-state index is 4.86. The second-order valence-electron chi connectivity index (χ2n) is 6.97. The Balaban J connectivity index is 2.27. The van der Waals surface area contributed by atoms with Crippen molar-refractivity contribution in [1.82, 2.24) is 9.97 Å². The molecule has 2 rings (SSSR count). The van der Waals surface area contributed by atoms with Crippen LogP contribution in [0.15, 0.2) is 6.07 Å². The molecule has 0 amide bonds. The SMILES string of the molecule is CCNc1cc(N(CC(C)C)CC(C)C)nc(C2CC2)n1. The quantitative estimate of drug-likeness (QED) is 0.788. The van der Waals surface area contributed by atoms with Crippen LogP contribution in [0.5, 0.6) is 0 Å². The number of hydrogen-bond donors (Lipinski definition) is 1. The highest BCUT2D eigenvalue weighted by Crippen LogP contribution is 2.39. The van der Waals surface area contributed by atoms with Crippen LogP contribution in [0.2, 0.25) is 0 Å². The van der Waals surface area contributed by atoms with Crippen LogP contribution in [0, 0.1) is 11.8 Å². The van der Waals surface area contributed by atoms with Crippen LogP contribution in [0.4, 0.5) is 11.6 Å². The molecule has 0 atom stereocenters. The lowest BCUT2D eigenvalue weighted by molar-refractivity contribution is 0.547. The van der Waals surface area contributed by atoms with Crippen LogP contribution in [0.25, 0.3) is 0 Å². The van der Waals surface area contributed by atoms with Crippen molar-refractivity contribution in [2.24, 2.45) is 11.8 Å². The fourth-order valence-corrected chi connectivity index (χ4v) is 2.55. The zero-order valence-electron chi connectivity index (χ0n) is 14.2. The number of hydrogen-bond acceptors (Lipinski definition) is 4. The van der Waals surface area contributed by atoms with Crippen LogP contribution in [-0.4, -0.2) is 29.6 Å². The van der Waals surface area contributed by atoms with E-state index >= 15 is 0 Å². The number of nitrogens with one attached hydrogen (secondary N) is 1. The van der Waals surface area contributed by atoms with E-state index in [1.807, 2.05) is 0 Å². The van der Waals surface area contributed by atoms with E-state index in [9.17, 15) is 0 Å². The monoisotopic (exact) mass is 290 g/mol. The highest BCUT2D eigenvalue weighted by molar-refractivity contribution is 5.50. The molecule has 1 saturated carbocycles. The minimum absolute atomic E-state index is 0.585. The van der Waals surface area contributed by atoms with Crippen molar-refractivity contribution in [3.63, 3.8) is 0 Å². The summed E-state index contributed by atoms with van der Waals surface area (Å²) in [6.07, 6.45) is 2.48. The van der Waals surface area contributed by atoms with Gasteiger partial charge in [0.05, 0.1) is 0 Å². The minimum atomic E-state index is 0.585. The Morgan fingerprint density at radius 1 is 1.14 bits per heavy atom. The normalized spacial score (nSPS) is 14.8. The smallest absolute Gasteiger partial charge is 0.136 e. The molecule has 0 radical (unpaired) electrons. The van der Waals surface area contributed by atoms with E-state index in [0.29, 0.717) is 17.8 Å². The van der Waals surface area contributed by atoms with Gasteiger partial charge in [0.2, 0.25) is 0 Å². The third kappa shape index (κ3) is 4.87. The highest BCUT2D eigenvalue weighted by atomic mass is 15.2. The summed E-state index contributed by atoms with van der Waals surface area (Å²) in [5, 5.41) is 3.35. The van der Waals surface area contributed by atoms with Gasteiger partial charge in [0.25, 0.3) is 0 Å². The van der Waals surface area contributed by atoms with Crippen LogP contribution in [0.3, 0.4) is 0 Å². The van der Waals surface area contributed by atoms with Crippen molar-refractivity contribution in [2.45, 2.75) is 53.4 Å². The van der Waals surface area contributed by atoms with Gasteiger partial charge in [0.15, 0.2) is 0 Å². The second-order valence-corrected chi connectivity index (χ2v) is 6.97. The van der Waals surface area contributed by atoms with Gasteiger partial charge >= 0.3 is 0 Å². The molecule has 1 fully saturated rings. The molecule has 0 aromatic carbocycles. The Morgan fingerprint density at radius 3 is 2.24 bits per heavy atom. The van der Waals surface area contributed by atoms with Gasteiger partial charge in [-0.25, -0.2) is 9.97 Å². The summed E-state index contributed by atoms with van der Waals surface area (Å²) in [5.41, 5.74) is 0. The van der Waals surface area contributed by atoms with Gasteiger partial charge in [0, 0.05) is 31.6 Å². The Hall–Kier alpha value is -1.32. The van der Waals surface area contributed by atoms with Crippen molar-refractivity contribution < 1.29 is 0 Å². The van der Waals surface area contributed by atoms with Gasteiger partial charge in [-0.2, -0.15) is 0 Å². The molecule has 0 aliphatic heterocycles. The van der Waals surface area contributed by atoms with Crippen molar-refractivity contribution in [3.05, 3.63) is 11.9 Å². The number of anilines is 2. The third-order valence-corrected chi connectivity index (χ3v) is 3.53. The third-order valence-electron chi connectivity index (χ3n) is 3.53. The summed E-state index contributed by atoms with van der Waals surface area (Å²) in [6.45, 7) is 14.2. The summed E-state index contributed by atoms with van der Waals surface area (Å²) in [6, 6.07) is 2.11. The average Bonchev–Trinajstić information content (AvgIpc) is 3.21. The second kappa shape index (κ2) is 7.10. The van der Waals surface area contributed by atoms with E-state index in [1.54, 1.807) is 0 Å². The zero-order chi connectivity index (χ0) is 15.4. The number of aromatic nitrogens is 2. The largest absolute Gasteiger partial charge is 0.370 e. The molecule has 1 aliphatic rings. The van der Waals surface area contributed by atoms with E-state index < -0.39 is 0 Å². The van der Waals surface area contributed by atoms with Crippen LogP contribution in [0.1, 0.15) is 59.2 Å². The van der Waals surface area contributed by atoms with E-state index in [-0.39, 0.29) is 0 Å². The first-order valence-corrected chi connectivity index (χ1v) is 8.37. The lowest BCUT2D eigenvalue weighted by atomic mass is 10.1. The Bertz CT molecular complexity index is 442. The topological polar surface area (TPSA) is 41.0 Å². The Morgan fingerprint density at radius 2 is 1.76 bits per heavy atom. The molecule has 0 saturated heterocycles. The Labute approximate surface area is 129 Å². The molecule has 21 heavy (non-hydrogen) atoms. The summed E-state index contributed by atoms with van der Waals surface area (Å²) in [4.78, 5) is 12.0. The molecule has 4 nitrogen and oxygen atoms in total. The molecule has 1 heterocycles. The fraction of sp³-hybridized carbons (Fsp3) is 0.765. The molecule has 1 aromatic rings. The molecular weight excluding hydrogens is 260 g/mol. The molecule has 0 bridgehead atoms. The van der Waals surface area contributed by atoms with Crippen molar-refractivity contribution in [3.8, 4) is 0 Å². The molecule has 1 aliphatic carbocycles. The number of rotatable bonds is 8. The van der Waals surface area contributed by atoms with Gasteiger partial charge in [-0.3, -0.25) is 0 Å². The van der Waals surface area contributed by atoms with Crippen molar-refractivity contribution >= 4 is 11.6 Å². The van der Waals surface area contributed by atoms with Crippen molar-refractivity contribution in [2.75, 3.05) is 29.9 Å². The minimum Gasteiger partial charge on any atom is -0.370 e. The maximum Gasteiger partial charge on any atom is 0.136 e. The maximum absolute atomic E-state index is 4.86. The van der Waals surface area contributed by atoms with E-state index in [2.05, 4.69) is 55.9 Å². The number of nitrogens with zero attached hydrogens (tertiary/aromatic N) is 3. The highest BCUT2D eigenvalue weighted by Gasteiger charge is 2.28. The average molecular weight is 290 g/mol. The fourth-order valence-electron chi connectivity index (χ4n) is 2.55. The standard InChI is InChI=1S/C17H30N4/c1-6-18-15-9-16(20-17(19-15)14-7-8-14)21(10-12(2)3)11-13(4)5/h9,12-14H,6-8,10-11H2,1-5H3,(H,18,19,20). The first kappa shape index (κ1) is 16.1. The van der Waals surface area contributed by atoms with Crippen LogP contribution >= 0.6 is 0 Å². The molecule has 118 valence electrons. The summed E-state index contributed by atoms with van der Waals surface area (Å²) >= 11 is 0. The van der Waals surface area contributed by atoms with Gasteiger partial charge in [-0.05, 0) is 31.6 Å². The molecule has 1 aromatic heterocycles. The van der Waals surface area contributed by atoms with E-state index in [1.165, 1.54) is 12.8 Å². The zero-order valence-corrected chi connectivity index (χ0v) is 14.2. The van der Waals surface area contributed by atoms with Gasteiger partial charge in [-0.1, -0.05) is 27.7 Å². The van der Waals surface area contributed by atoms with Gasteiger partial charge in [-0.15, -0.1) is 0 Å². The predicted molar refractivity (Wildman–Crippen MR) is 90.1 cm³/mol.